The fraction of sp³-hybridized carbons (Fsp3) is 0.375. The summed E-state index contributed by atoms with van der Waals surface area (Å²) < 4.78 is 13.1. The van der Waals surface area contributed by atoms with E-state index >= 15 is 0 Å². The van der Waals surface area contributed by atoms with Gasteiger partial charge < -0.3 is 24.7 Å². The van der Waals surface area contributed by atoms with E-state index in [0.717, 1.165) is 12.8 Å². The van der Waals surface area contributed by atoms with Crippen LogP contribution in [0.5, 0.6) is 5.75 Å². The van der Waals surface area contributed by atoms with Crippen LogP contribution in [0.2, 0.25) is 0 Å². The molecule has 1 spiro atoms. The topological polar surface area (TPSA) is 111 Å². The maximum absolute atomic E-state index is 14.3. The first-order valence-electron chi connectivity index (χ1n) is 10.8. The number of rotatable bonds is 3. The SMILES string of the molecule is CCn1c(C)cc2c(c1=O)C1(C(=O)N(CC3CCCO3)c3ccccc31)C(C#N)=C(N)O2. The molecule has 164 valence electrons. The van der Waals surface area contributed by atoms with Crippen LogP contribution in [0.15, 0.2) is 46.6 Å². The minimum atomic E-state index is -1.65. The molecular weight excluding hydrogens is 408 g/mol. The maximum atomic E-state index is 14.3. The minimum absolute atomic E-state index is 0.0547. The number of ether oxygens (including phenoxy) is 2. The van der Waals surface area contributed by atoms with Gasteiger partial charge in [0.15, 0.2) is 5.41 Å². The lowest BCUT2D eigenvalue weighted by Crippen LogP contribution is -2.51. The first-order valence-corrected chi connectivity index (χ1v) is 10.8. The molecular formula is C24H24N4O4. The van der Waals surface area contributed by atoms with Crippen molar-refractivity contribution in [2.75, 3.05) is 18.1 Å². The summed E-state index contributed by atoms with van der Waals surface area (Å²) in [4.78, 5) is 29.6. The van der Waals surface area contributed by atoms with E-state index in [4.69, 9.17) is 15.2 Å². The molecule has 8 nitrogen and oxygen atoms in total. The Labute approximate surface area is 185 Å². The number of nitrogens with two attached hydrogens (primary N) is 1. The summed E-state index contributed by atoms with van der Waals surface area (Å²) in [5.74, 6) is -0.312. The van der Waals surface area contributed by atoms with Crippen molar-refractivity contribution in [3.63, 3.8) is 0 Å². The summed E-state index contributed by atoms with van der Waals surface area (Å²) in [6.07, 6.45) is 1.69. The second-order valence-electron chi connectivity index (χ2n) is 8.35. The number of pyridine rings is 1. The average Bonchev–Trinajstić information content (AvgIpc) is 3.36. The second-order valence-corrected chi connectivity index (χ2v) is 8.35. The van der Waals surface area contributed by atoms with Gasteiger partial charge in [0, 0.05) is 36.2 Å². The Hall–Kier alpha value is -3.57. The van der Waals surface area contributed by atoms with Crippen molar-refractivity contribution in [2.45, 2.75) is 44.8 Å². The number of amides is 1. The van der Waals surface area contributed by atoms with Crippen LogP contribution in [-0.4, -0.2) is 29.7 Å². The molecule has 0 radical (unpaired) electrons. The third-order valence-electron chi connectivity index (χ3n) is 6.69. The van der Waals surface area contributed by atoms with Crippen LogP contribution in [0.3, 0.4) is 0 Å². The second kappa shape index (κ2) is 7.24. The summed E-state index contributed by atoms with van der Waals surface area (Å²) >= 11 is 0. The molecule has 0 saturated carbocycles. The number of carbonyl (C=O) groups excluding carboxylic acids is 1. The van der Waals surface area contributed by atoms with Gasteiger partial charge in [0.1, 0.15) is 17.4 Å². The fourth-order valence-electron chi connectivity index (χ4n) is 5.29. The summed E-state index contributed by atoms with van der Waals surface area (Å²) in [7, 11) is 0. The molecule has 1 aromatic heterocycles. The van der Waals surface area contributed by atoms with Crippen molar-refractivity contribution in [1.29, 1.82) is 5.26 Å². The number of nitriles is 1. The first kappa shape index (κ1) is 20.3. The summed E-state index contributed by atoms with van der Waals surface area (Å²) in [5.41, 5.74) is 6.18. The van der Waals surface area contributed by atoms with Gasteiger partial charge in [-0.1, -0.05) is 18.2 Å². The largest absolute Gasteiger partial charge is 0.440 e. The Bertz CT molecular complexity index is 1270. The van der Waals surface area contributed by atoms with Crippen LogP contribution in [0, 0.1) is 18.3 Å². The van der Waals surface area contributed by atoms with E-state index in [2.05, 4.69) is 6.07 Å². The van der Waals surface area contributed by atoms with Crippen LogP contribution in [0.1, 0.15) is 36.6 Å². The lowest BCUT2D eigenvalue weighted by Gasteiger charge is -2.34. The lowest BCUT2D eigenvalue weighted by atomic mass is 9.69. The van der Waals surface area contributed by atoms with Crippen LogP contribution < -0.4 is 20.9 Å². The summed E-state index contributed by atoms with van der Waals surface area (Å²) in [5, 5.41) is 10.1. The van der Waals surface area contributed by atoms with Crippen LogP contribution >= 0.6 is 0 Å². The minimum Gasteiger partial charge on any atom is -0.440 e. The Kier molecular flexibility index (Phi) is 4.60. The third kappa shape index (κ3) is 2.52. The van der Waals surface area contributed by atoms with E-state index < -0.39 is 5.41 Å². The average molecular weight is 432 g/mol. The standard InChI is InChI=1S/C24H24N4O4/c1-3-27-14(2)11-19-20(22(27)29)24(17(12-25)21(26)32-19)16-8-4-5-9-18(16)28(23(24)30)13-15-7-6-10-31-15/h4-5,8-9,11,15H,3,6-7,10,13,26H2,1-2H3. The lowest BCUT2D eigenvalue weighted by molar-refractivity contribution is -0.121. The van der Waals surface area contributed by atoms with E-state index in [1.54, 1.807) is 34.6 Å². The molecule has 2 N–H and O–H groups in total. The number of hydrogen-bond acceptors (Lipinski definition) is 6. The van der Waals surface area contributed by atoms with Crippen LogP contribution in [-0.2, 0) is 21.5 Å². The highest BCUT2D eigenvalue weighted by molar-refractivity contribution is 6.14. The number of carbonyl (C=O) groups is 1. The van der Waals surface area contributed by atoms with Gasteiger partial charge in [-0.25, -0.2) is 0 Å². The van der Waals surface area contributed by atoms with Gasteiger partial charge >= 0.3 is 0 Å². The Morgan fingerprint density at radius 3 is 2.78 bits per heavy atom. The van der Waals surface area contributed by atoms with Gasteiger partial charge in [-0.3, -0.25) is 9.59 Å². The van der Waals surface area contributed by atoms with Crippen LogP contribution in [0.25, 0.3) is 0 Å². The zero-order chi connectivity index (χ0) is 22.6. The summed E-state index contributed by atoms with van der Waals surface area (Å²) in [6.45, 7) is 5.09. The molecule has 2 aromatic rings. The fourth-order valence-corrected chi connectivity index (χ4v) is 5.29. The van der Waals surface area contributed by atoms with Gasteiger partial charge in [-0.15, -0.1) is 0 Å². The van der Waals surface area contributed by atoms with Crippen molar-refractivity contribution in [3.8, 4) is 11.8 Å². The summed E-state index contributed by atoms with van der Waals surface area (Å²) in [6, 6.07) is 11.1. The van der Waals surface area contributed by atoms with Gasteiger partial charge in [-0.2, -0.15) is 5.26 Å². The van der Waals surface area contributed by atoms with Crippen LogP contribution in [0.4, 0.5) is 5.69 Å². The van der Waals surface area contributed by atoms with Gasteiger partial charge in [-0.05, 0) is 32.8 Å². The molecule has 2 atom stereocenters. The molecule has 32 heavy (non-hydrogen) atoms. The highest BCUT2D eigenvalue weighted by atomic mass is 16.5. The smallest absolute Gasteiger partial charge is 0.259 e. The number of aromatic nitrogens is 1. The molecule has 2 unspecified atom stereocenters. The van der Waals surface area contributed by atoms with E-state index in [9.17, 15) is 14.9 Å². The van der Waals surface area contributed by atoms with E-state index in [-0.39, 0.29) is 40.3 Å². The zero-order valence-corrected chi connectivity index (χ0v) is 18.1. The van der Waals surface area contributed by atoms with E-state index in [1.165, 1.54) is 0 Å². The number of fused-ring (bicyclic) bond motifs is 4. The molecule has 4 heterocycles. The highest BCUT2D eigenvalue weighted by Gasteiger charge is 2.60. The number of benzene rings is 1. The number of nitrogens with zero attached hydrogens (tertiary/aromatic N) is 3. The Morgan fingerprint density at radius 2 is 2.09 bits per heavy atom. The zero-order valence-electron chi connectivity index (χ0n) is 18.1. The molecule has 0 bridgehead atoms. The maximum Gasteiger partial charge on any atom is 0.259 e. The molecule has 8 heteroatoms. The number of hydrogen-bond donors (Lipinski definition) is 1. The Morgan fingerprint density at radius 1 is 1.31 bits per heavy atom. The van der Waals surface area contributed by atoms with E-state index in [0.29, 0.717) is 36.6 Å². The normalized spacial score (nSPS) is 23.8. The third-order valence-corrected chi connectivity index (χ3v) is 6.69. The highest BCUT2D eigenvalue weighted by Crippen LogP contribution is 2.54. The van der Waals surface area contributed by atoms with Crippen molar-refractivity contribution in [1.82, 2.24) is 4.57 Å². The monoisotopic (exact) mass is 432 g/mol. The molecule has 5 rings (SSSR count). The first-order chi connectivity index (χ1) is 15.4. The van der Waals surface area contributed by atoms with Crippen molar-refractivity contribution in [3.05, 3.63) is 69.0 Å². The number of anilines is 1. The van der Waals surface area contributed by atoms with E-state index in [1.807, 2.05) is 19.1 Å². The van der Waals surface area contributed by atoms with Gasteiger partial charge in [0.25, 0.3) is 5.56 Å². The van der Waals surface area contributed by atoms with Gasteiger partial charge in [0.05, 0.1) is 18.2 Å². The molecule has 1 saturated heterocycles. The molecule has 0 aliphatic carbocycles. The molecule has 3 aliphatic heterocycles. The molecule has 1 fully saturated rings. The van der Waals surface area contributed by atoms with Crippen molar-refractivity contribution in [2.24, 2.45) is 5.73 Å². The quantitative estimate of drug-likeness (QED) is 0.795. The van der Waals surface area contributed by atoms with Crippen molar-refractivity contribution < 1.29 is 14.3 Å². The molecule has 1 amide bonds. The predicted octanol–water partition coefficient (Wildman–Crippen LogP) is 2.07. The predicted molar refractivity (Wildman–Crippen MR) is 117 cm³/mol. The Balaban J connectivity index is 1.84. The van der Waals surface area contributed by atoms with Crippen molar-refractivity contribution >= 4 is 11.6 Å². The number of para-hydroxylation sites is 1. The molecule has 1 aromatic carbocycles. The van der Waals surface area contributed by atoms with Gasteiger partial charge in [0.2, 0.25) is 11.8 Å². The molecule has 3 aliphatic rings. The number of aryl methyl sites for hydroxylation is 1.